The number of anilines is 1. The van der Waals surface area contributed by atoms with E-state index in [1.54, 1.807) is 0 Å². The van der Waals surface area contributed by atoms with Crippen molar-refractivity contribution in [3.63, 3.8) is 0 Å². The summed E-state index contributed by atoms with van der Waals surface area (Å²) in [5.74, 6) is 0. The van der Waals surface area contributed by atoms with Gasteiger partial charge in [0, 0.05) is 26.2 Å². The molecule has 0 aromatic heterocycles. The Bertz CT molecular complexity index is 304. The molecule has 0 unspecified atom stereocenters. The predicted octanol–water partition coefficient (Wildman–Crippen LogP) is 1.97. The average Bonchev–Trinajstić information content (AvgIpc) is 2.15. The van der Waals surface area contributed by atoms with Gasteiger partial charge in [0.05, 0.1) is 4.99 Å². The topological polar surface area (TPSA) is 29.3 Å². The van der Waals surface area contributed by atoms with Gasteiger partial charge in [-0.1, -0.05) is 24.4 Å². The van der Waals surface area contributed by atoms with Gasteiger partial charge in [0.2, 0.25) is 0 Å². The fraction of sp³-hybridized carbons (Fsp3) is 0.364. The van der Waals surface area contributed by atoms with Gasteiger partial charge in [-0.25, -0.2) is 0 Å². The zero-order valence-electron chi connectivity index (χ0n) is 8.66. The van der Waals surface area contributed by atoms with Crippen molar-refractivity contribution >= 4 is 22.9 Å². The van der Waals surface area contributed by atoms with E-state index in [-0.39, 0.29) is 0 Å². The molecule has 1 aromatic rings. The molecule has 0 radical (unpaired) electrons. The Hall–Kier alpha value is -1.09. The monoisotopic (exact) mass is 208 g/mol. The molecule has 0 atom stereocenters. The molecule has 0 saturated carbocycles. The first-order chi connectivity index (χ1) is 6.59. The molecule has 0 saturated heterocycles. The third kappa shape index (κ3) is 3.34. The summed E-state index contributed by atoms with van der Waals surface area (Å²) in [6.07, 6.45) is 1.72. The Morgan fingerprint density at radius 3 is 2.29 bits per heavy atom. The molecule has 0 amide bonds. The number of rotatable bonds is 4. The molecule has 0 aliphatic carbocycles. The third-order valence-corrected chi connectivity index (χ3v) is 2.32. The van der Waals surface area contributed by atoms with E-state index in [0.29, 0.717) is 4.99 Å². The van der Waals surface area contributed by atoms with Crippen molar-refractivity contribution in [1.29, 1.82) is 0 Å². The van der Waals surface area contributed by atoms with E-state index in [1.165, 1.54) is 11.3 Å². The van der Waals surface area contributed by atoms with Crippen LogP contribution in [0.1, 0.15) is 12.0 Å². The first-order valence-corrected chi connectivity index (χ1v) is 5.05. The van der Waals surface area contributed by atoms with Gasteiger partial charge in [0.25, 0.3) is 0 Å². The van der Waals surface area contributed by atoms with Crippen LogP contribution in [-0.4, -0.2) is 19.1 Å². The molecule has 0 fully saturated rings. The summed E-state index contributed by atoms with van der Waals surface area (Å²) in [4.78, 5) is 2.67. The number of nitrogens with two attached hydrogens (primary N) is 1. The van der Waals surface area contributed by atoms with Gasteiger partial charge in [-0.05, 0) is 24.1 Å². The van der Waals surface area contributed by atoms with Crippen LogP contribution in [0.2, 0.25) is 0 Å². The summed E-state index contributed by atoms with van der Waals surface area (Å²) in [5.41, 5.74) is 7.93. The minimum absolute atomic E-state index is 0.585. The van der Waals surface area contributed by atoms with E-state index in [9.17, 15) is 0 Å². The van der Waals surface area contributed by atoms with E-state index in [4.69, 9.17) is 18.0 Å². The van der Waals surface area contributed by atoms with Gasteiger partial charge in [0.1, 0.15) is 0 Å². The number of nitrogens with zero attached hydrogens (tertiary/aromatic N) is 1. The van der Waals surface area contributed by atoms with E-state index in [1.807, 2.05) is 14.1 Å². The van der Waals surface area contributed by atoms with Crippen LogP contribution in [0.5, 0.6) is 0 Å². The van der Waals surface area contributed by atoms with Crippen LogP contribution in [0.3, 0.4) is 0 Å². The van der Waals surface area contributed by atoms with Gasteiger partial charge < -0.3 is 10.6 Å². The summed E-state index contributed by atoms with van der Waals surface area (Å²) in [6, 6.07) is 8.45. The third-order valence-electron chi connectivity index (χ3n) is 2.11. The molecule has 0 spiro atoms. The highest BCUT2D eigenvalue weighted by Crippen LogP contribution is 2.13. The second-order valence-electron chi connectivity index (χ2n) is 3.53. The van der Waals surface area contributed by atoms with E-state index in [2.05, 4.69) is 29.2 Å². The smallest absolute Gasteiger partial charge is 0.0730 e. The zero-order valence-corrected chi connectivity index (χ0v) is 9.47. The Kier molecular flexibility index (Phi) is 3.89. The fourth-order valence-corrected chi connectivity index (χ4v) is 1.33. The summed E-state index contributed by atoms with van der Waals surface area (Å²) in [7, 11) is 4.06. The van der Waals surface area contributed by atoms with Gasteiger partial charge >= 0.3 is 0 Å². The molecule has 2 nitrogen and oxygen atoms in total. The second kappa shape index (κ2) is 4.96. The number of benzene rings is 1. The van der Waals surface area contributed by atoms with Crippen LogP contribution in [0.4, 0.5) is 5.69 Å². The predicted molar refractivity (Wildman–Crippen MR) is 65.9 cm³/mol. The maximum absolute atomic E-state index is 5.44. The SMILES string of the molecule is CN(C)c1ccc(CCC(N)=S)cc1. The highest BCUT2D eigenvalue weighted by Gasteiger charge is 1.97. The molecule has 2 N–H and O–H groups in total. The van der Waals surface area contributed by atoms with Crippen LogP contribution in [-0.2, 0) is 6.42 Å². The first-order valence-electron chi connectivity index (χ1n) is 4.64. The quantitative estimate of drug-likeness (QED) is 0.767. The molecule has 0 aliphatic heterocycles. The second-order valence-corrected chi connectivity index (χ2v) is 4.05. The molecule has 0 aliphatic rings. The molecule has 0 heterocycles. The summed E-state index contributed by atoms with van der Waals surface area (Å²) < 4.78 is 0. The normalized spacial score (nSPS) is 9.86. The maximum Gasteiger partial charge on any atom is 0.0730 e. The Morgan fingerprint density at radius 2 is 1.86 bits per heavy atom. The zero-order chi connectivity index (χ0) is 10.6. The molecule has 1 rings (SSSR count). The average molecular weight is 208 g/mol. The van der Waals surface area contributed by atoms with Crippen molar-refractivity contribution < 1.29 is 0 Å². The number of hydrogen-bond acceptors (Lipinski definition) is 2. The van der Waals surface area contributed by atoms with Gasteiger partial charge in [-0.2, -0.15) is 0 Å². The summed E-state index contributed by atoms with van der Waals surface area (Å²) in [5, 5.41) is 0. The van der Waals surface area contributed by atoms with Gasteiger partial charge in [-0.15, -0.1) is 0 Å². The fourth-order valence-electron chi connectivity index (χ4n) is 1.23. The molecule has 76 valence electrons. The summed E-state index contributed by atoms with van der Waals surface area (Å²) >= 11 is 4.83. The molecule has 1 aromatic carbocycles. The molecule has 3 heteroatoms. The van der Waals surface area contributed by atoms with Crippen LogP contribution in [0, 0.1) is 0 Å². The lowest BCUT2D eigenvalue weighted by molar-refractivity contribution is 1.04. The lowest BCUT2D eigenvalue weighted by Gasteiger charge is -2.12. The minimum Gasteiger partial charge on any atom is -0.393 e. The molecular formula is C11H16N2S. The Labute approximate surface area is 90.7 Å². The number of hydrogen-bond donors (Lipinski definition) is 1. The number of thiocarbonyl (C=S) groups is 1. The standard InChI is InChI=1S/C11H16N2S/c1-13(2)10-6-3-9(4-7-10)5-8-11(12)14/h3-4,6-7H,5,8H2,1-2H3,(H2,12,14). The van der Waals surface area contributed by atoms with Gasteiger partial charge in [0.15, 0.2) is 0 Å². The maximum atomic E-state index is 5.44. The lowest BCUT2D eigenvalue weighted by atomic mass is 10.1. The molecule has 14 heavy (non-hydrogen) atoms. The lowest BCUT2D eigenvalue weighted by Crippen LogP contribution is -2.09. The Balaban J connectivity index is 2.59. The minimum atomic E-state index is 0.585. The van der Waals surface area contributed by atoms with Crippen molar-refractivity contribution in [1.82, 2.24) is 0 Å². The first kappa shape index (κ1) is 11.0. The van der Waals surface area contributed by atoms with Gasteiger partial charge in [-0.3, -0.25) is 0 Å². The van der Waals surface area contributed by atoms with Crippen LogP contribution in [0.15, 0.2) is 24.3 Å². The summed E-state index contributed by atoms with van der Waals surface area (Å²) in [6.45, 7) is 0. The van der Waals surface area contributed by atoms with Crippen LogP contribution >= 0.6 is 12.2 Å². The van der Waals surface area contributed by atoms with Crippen molar-refractivity contribution in [3.8, 4) is 0 Å². The van der Waals surface area contributed by atoms with E-state index < -0.39 is 0 Å². The number of aryl methyl sites for hydroxylation is 1. The van der Waals surface area contributed by atoms with Crippen LogP contribution < -0.4 is 10.6 Å². The van der Waals surface area contributed by atoms with Crippen molar-refractivity contribution in [2.45, 2.75) is 12.8 Å². The molecule has 0 bridgehead atoms. The Morgan fingerprint density at radius 1 is 1.29 bits per heavy atom. The van der Waals surface area contributed by atoms with Crippen LogP contribution in [0.25, 0.3) is 0 Å². The molecular weight excluding hydrogens is 192 g/mol. The van der Waals surface area contributed by atoms with Crippen molar-refractivity contribution in [3.05, 3.63) is 29.8 Å². The van der Waals surface area contributed by atoms with E-state index >= 15 is 0 Å². The highest BCUT2D eigenvalue weighted by molar-refractivity contribution is 7.80. The van der Waals surface area contributed by atoms with E-state index in [0.717, 1.165) is 12.8 Å². The largest absolute Gasteiger partial charge is 0.393 e. The van der Waals surface area contributed by atoms with Crippen molar-refractivity contribution in [2.24, 2.45) is 5.73 Å². The van der Waals surface area contributed by atoms with Crippen molar-refractivity contribution in [2.75, 3.05) is 19.0 Å². The highest BCUT2D eigenvalue weighted by atomic mass is 32.1.